The third kappa shape index (κ3) is 5.38. The number of hydrogen-bond donors (Lipinski definition) is 2. The van der Waals surface area contributed by atoms with Crippen molar-refractivity contribution in [3.05, 3.63) is 106 Å². The summed E-state index contributed by atoms with van der Waals surface area (Å²) in [7, 11) is -2.54. The lowest BCUT2D eigenvalue weighted by atomic mass is 9.85. The van der Waals surface area contributed by atoms with E-state index in [1.165, 1.54) is 11.0 Å². The number of piperidine rings is 1. The Morgan fingerprint density at radius 3 is 2.51 bits per heavy atom. The van der Waals surface area contributed by atoms with Gasteiger partial charge in [0.25, 0.3) is 0 Å². The van der Waals surface area contributed by atoms with Gasteiger partial charge in [-0.3, -0.25) is 4.21 Å². The first kappa shape index (κ1) is 29.5. The molecule has 0 aromatic heterocycles. The third-order valence-corrected chi connectivity index (χ3v) is 12.8. The molecule has 4 aliphatic rings. The molecule has 2 aliphatic heterocycles. The SMILES string of the molecule is CC1CCC2=S(=O)(C3=CC=C(Cl)C=CC3)C21c1cc(F)ccc1F.O=C(O)N1CCC(O)(Cc2ccccc2)CC1. The average Bonchev–Trinajstić information content (AvgIpc) is 3.42. The average molecular weight is 602 g/mol. The largest absolute Gasteiger partial charge is 0.465 e. The lowest BCUT2D eigenvalue weighted by Gasteiger charge is -2.37. The molecule has 3 atom stereocenters. The van der Waals surface area contributed by atoms with Crippen LogP contribution in [0.4, 0.5) is 13.6 Å². The Morgan fingerprint density at radius 1 is 1.12 bits per heavy atom. The number of hydrogen-bond acceptors (Lipinski definition) is 3. The number of likely N-dealkylation sites (tertiary alicyclic amines) is 1. The van der Waals surface area contributed by atoms with E-state index in [0.717, 1.165) is 33.9 Å². The molecule has 2 aromatic rings. The number of halogens is 3. The van der Waals surface area contributed by atoms with E-state index in [-0.39, 0.29) is 11.5 Å². The molecule has 9 heteroatoms. The van der Waals surface area contributed by atoms with Crippen LogP contribution in [0.3, 0.4) is 0 Å². The summed E-state index contributed by atoms with van der Waals surface area (Å²) >= 11 is 6.02. The Morgan fingerprint density at radius 2 is 1.83 bits per heavy atom. The van der Waals surface area contributed by atoms with Crippen LogP contribution < -0.4 is 0 Å². The molecule has 218 valence electrons. The highest BCUT2D eigenvalue weighted by Gasteiger charge is 2.68. The zero-order valence-corrected chi connectivity index (χ0v) is 24.4. The fourth-order valence-corrected chi connectivity index (χ4v) is 11.0. The quantitative estimate of drug-likeness (QED) is 0.380. The van der Waals surface area contributed by atoms with Crippen LogP contribution in [0.1, 0.15) is 50.2 Å². The van der Waals surface area contributed by atoms with Crippen molar-refractivity contribution < 1.29 is 28.0 Å². The van der Waals surface area contributed by atoms with E-state index < -0.39 is 37.6 Å². The highest BCUT2D eigenvalue weighted by molar-refractivity contribution is 8.15. The number of carboxylic acid groups (broad SMARTS) is 1. The van der Waals surface area contributed by atoms with E-state index in [1.54, 1.807) is 18.2 Å². The number of fused-ring (bicyclic) bond motifs is 1. The molecule has 2 N–H and O–H groups in total. The highest BCUT2D eigenvalue weighted by atomic mass is 35.5. The van der Waals surface area contributed by atoms with Gasteiger partial charge in [-0.2, -0.15) is 0 Å². The summed E-state index contributed by atoms with van der Waals surface area (Å²) in [5, 5.41) is 19.8. The Labute approximate surface area is 244 Å². The first-order valence-corrected chi connectivity index (χ1v) is 15.8. The van der Waals surface area contributed by atoms with E-state index >= 15 is 0 Å². The summed E-state index contributed by atoms with van der Waals surface area (Å²) in [6.07, 6.45) is 9.95. The first-order valence-electron chi connectivity index (χ1n) is 13.8. The lowest BCUT2D eigenvalue weighted by Crippen LogP contribution is -2.47. The number of amides is 1. The van der Waals surface area contributed by atoms with Gasteiger partial charge < -0.3 is 15.1 Å². The fourth-order valence-electron chi connectivity index (χ4n) is 6.59. The van der Waals surface area contributed by atoms with Crippen LogP contribution in [0.15, 0.2) is 82.8 Å². The number of carbonyl (C=O) groups is 1. The molecule has 1 saturated heterocycles. The van der Waals surface area contributed by atoms with Gasteiger partial charge in [0.05, 0.1) is 5.60 Å². The molecule has 1 saturated carbocycles. The molecule has 2 aliphatic carbocycles. The Balaban J connectivity index is 0.000000175. The van der Waals surface area contributed by atoms with Crippen LogP contribution in [0.2, 0.25) is 0 Å². The second-order valence-corrected chi connectivity index (χ2v) is 14.4. The third-order valence-electron chi connectivity index (χ3n) is 8.73. The minimum absolute atomic E-state index is 0.0175. The van der Waals surface area contributed by atoms with Crippen molar-refractivity contribution in [1.29, 1.82) is 0 Å². The summed E-state index contributed by atoms with van der Waals surface area (Å²) in [5.41, 5.74) is 0.586. The van der Waals surface area contributed by atoms with Crippen molar-refractivity contribution in [2.45, 2.75) is 55.8 Å². The molecular weight excluding hydrogens is 568 g/mol. The summed E-state index contributed by atoms with van der Waals surface area (Å²) in [6, 6.07) is 13.3. The van der Waals surface area contributed by atoms with Crippen molar-refractivity contribution in [1.82, 2.24) is 4.90 Å². The number of nitrogens with zero attached hydrogens (tertiary/aromatic N) is 1. The molecule has 0 radical (unpaired) electrons. The van der Waals surface area contributed by atoms with Gasteiger partial charge in [0, 0.05) is 49.4 Å². The maximum atomic E-state index is 14.5. The van der Waals surface area contributed by atoms with Gasteiger partial charge in [0.1, 0.15) is 16.4 Å². The minimum Gasteiger partial charge on any atom is -0.465 e. The number of aliphatic hydroxyl groups is 1. The summed E-state index contributed by atoms with van der Waals surface area (Å²) < 4.78 is 41.4. The topological polar surface area (TPSA) is 77.8 Å². The van der Waals surface area contributed by atoms with E-state index in [9.17, 15) is 22.9 Å². The molecule has 1 amide bonds. The van der Waals surface area contributed by atoms with E-state index in [0.29, 0.717) is 50.2 Å². The van der Waals surface area contributed by atoms with Crippen molar-refractivity contribution in [2.75, 3.05) is 13.1 Å². The second kappa shape index (κ2) is 11.4. The predicted octanol–water partition coefficient (Wildman–Crippen LogP) is 6.76. The molecule has 5 nitrogen and oxygen atoms in total. The van der Waals surface area contributed by atoms with Crippen LogP contribution in [0.5, 0.6) is 0 Å². The van der Waals surface area contributed by atoms with Crippen molar-refractivity contribution in [2.24, 2.45) is 5.92 Å². The molecule has 2 heterocycles. The maximum Gasteiger partial charge on any atom is 0.407 e. The molecule has 3 unspecified atom stereocenters. The van der Waals surface area contributed by atoms with Gasteiger partial charge in [0.2, 0.25) is 0 Å². The normalized spacial score (nSPS) is 28.1. The number of benzene rings is 2. The fraction of sp³-hybridized carbons (Fsp3) is 0.375. The molecule has 0 spiro atoms. The molecular formula is C32H34ClF2NO4S. The van der Waals surface area contributed by atoms with Crippen molar-refractivity contribution in [3.63, 3.8) is 0 Å². The van der Waals surface area contributed by atoms with Gasteiger partial charge in [-0.15, -0.1) is 0 Å². The number of rotatable bonds is 4. The summed E-state index contributed by atoms with van der Waals surface area (Å²) in [4.78, 5) is 13.8. The van der Waals surface area contributed by atoms with Crippen molar-refractivity contribution >= 4 is 32.1 Å². The maximum absolute atomic E-state index is 14.5. The van der Waals surface area contributed by atoms with E-state index in [1.807, 2.05) is 43.3 Å². The van der Waals surface area contributed by atoms with Gasteiger partial charge >= 0.3 is 6.09 Å². The van der Waals surface area contributed by atoms with Crippen LogP contribution in [0, 0.1) is 17.6 Å². The molecule has 0 bridgehead atoms. The first-order chi connectivity index (χ1) is 19.5. The van der Waals surface area contributed by atoms with Crippen LogP contribution in [0.25, 0.3) is 0 Å². The number of allylic oxidation sites excluding steroid dienone is 6. The van der Waals surface area contributed by atoms with Gasteiger partial charge in [0.15, 0.2) is 0 Å². The Bertz CT molecular complexity index is 1550. The van der Waals surface area contributed by atoms with Crippen LogP contribution >= 0.6 is 11.6 Å². The Hall–Kier alpha value is -2.94. The Kier molecular flexibility index (Phi) is 8.21. The molecule has 41 heavy (non-hydrogen) atoms. The zero-order chi connectivity index (χ0) is 29.4. The lowest BCUT2D eigenvalue weighted by molar-refractivity contribution is -0.0162. The minimum atomic E-state index is -2.54. The van der Waals surface area contributed by atoms with Gasteiger partial charge in [-0.1, -0.05) is 54.9 Å². The second-order valence-electron chi connectivity index (χ2n) is 11.2. The van der Waals surface area contributed by atoms with Gasteiger partial charge in [-0.25, -0.2) is 13.6 Å². The summed E-state index contributed by atoms with van der Waals surface area (Å²) in [5.74, 6) is -0.958. The molecule has 2 aromatic carbocycles. The smallest absolute Gasteiger partial charge is 0.407 e. The van der Waals surface area contributed by atoms with E-state index in [4.69, 9.17) is 16.7 Å². The predicted molar refractivity (Wildman–Crippen MR) is 159 cm³/mol. The summed E-state index contributed by atoms with van der Waals surface area (Å²) in [6.45, 7) is 2.82. The standard InChI is InChI=1S/C19H17ClF2OS.C13H17NO3/c1-12-5-10-18-19(12,16-11-14(21)7-9-17(16)22)24(18,23)15-4-2-3-13(20)6-8-15;15-12(16)14-8-6-13(17,7-9-14)10-11-4-2-1-3-5-11/h2-3,6-9,11-12H,4-5,10H2,1H3;1-5,17H,6-10H2,(H,15,16). The van der Waals surface area contributed by atoms with Gasteiger partial charge in [-0.05, 0) is 80.0 Å². The van der Waals surface area contributed by atoms with Crippen LogP contribution in [-0.4, -0.2) is 49.0 Å². The van der Waals surface area contributed by atoms with Crippen molar-refractivity contribution in [3.8, 4) is 0 Å². The van der Waals surface area contributed by atoms with Crippen LogP contribution in [-0.2, 0) is 20.7 Å². The highest BCUT2D eigenvalue weighted by Crippen LogP contribution is 2.63. The molecule has 2 fully saturated rings. The zero-order valence-electron chi connectivity index (χ0n) is 22.9. The monoisotopic (exact) mass is 601 g/mol. The van der Waals surface area contributed by atoms with E-state index in [2.05, 4.69) is 0 Å². The molecule has 6 rings (SSSR count).